The Labute approximate surface area is 87.8 Å². The second kappa shape index (κ2) is 6.15. The van der Waals surface area contributed by atoms with Crippen LogP contribution in [0.25, 0.3) is 0 Å². The Morgan fingerprint density at radius 2 is 2.60 bits per heavy atom. The van der Waals surface area contributed by atoms with Crippen molar-refractivity contribution in [1.29, 1.82) is 0 Å². The van der Waals surface area contributed by atoms with Gasteiger partial charge in [0.1, 0.15) is 6.26 Å². The molecule has 1 amide bonds. The summed E-state index contributed by atoms with van der Waals surface area (Å²) >= 11 is 0. The highest BCUT2D eigenvalue weighted by atomic mass is 16.5. The fourth-order valence-corrected chi connectivity index (χ4v) is 1.07. The van der Waals surface area contributed by atoms with Crippen molar-refractivity contribution in [2.24, 2.45) is 5.73 Å². The van der Waals surface area contributed by atoms with E-state index in [1.807, 2.05) is 0 Å². The molecule has 1 aromatic rings. The summed E-state index contributed by atoms with van der Waals surface area (Å²) in [5.74, 6) is 0.113. The number of amides is 1. The van der Waals surface area contributed by atoms with Gasteiger partial charge < -0.3 is 20.3 Å². The molecule has 15 heavy (non-hydrogen) atoms. The molecule has 0 saturated heterocycles. The first-order chi connectivity index (χ1) is 7.24. The van der Waals surface area contributed by atoms with Crippen LogP contribution in [-0.4, -0.2) is 30.8 Å². The highest BCUT2D eigenvalue weighted by molar-refractivity contribution is 5.93. The molecule has 1 rings (SSSR count). The predicted molar refractivity (Wildman–Crippen MR) is 54.2 cm³/mol. The molecule has 1 heterocycles. The van der Waals surface area contributed by atoms with Crippen LogP contribution in [0, 0.1) is 0 Å². The summed E-state index contributed by atoms with van der Waals surface area (Å²) < 4.78 is 9.43. The molecule has 0 radical (unpaired) electrons. The number of nitrogens with one attached hydrogen (secondary N) is 1. The smallest absolute Gasteiger partial charge is 0.242 e. The molecule has 0 spiro atoms. The van der Waals surface area contributed by atoms with E-state index in [2.05, 4.69) is 15.0 Å². The standard InChI is InChI=1S/C9H15N3O3/c1-14-5-2-3-7(10)9(13)11-8-4-6-15-12-8/h4,6-7H,2-3,5,10H2,1H3,(H,11,12,13). The van der Waals surface area contributed by atoms with Crippen molar-refractivity contribution in [1.82, 2.24) is 5.16 Å². The molecule has 3 N–H and O–H groups in total. The average molecular weight is 213 g/mol. The van der Waals surface area contributed by atoms with Crippen molar-refractivity contribution in [2.75, 3.05) is 19.0 Å². The van der Waals surface area contributed by atoms with Gasteiger partial charge in [-0.25, -0.2) is 0 Å². The first kappa shape index (κ1) is 11.7. The van der Waals surface area contributed by atoms with Gasteiger partial charge in [-0.15, -0.1) is 0 Å². The molecule has 6 heteroatoms. The van der Waals surface area contributed by atoms with E-state index in [1.165, 1.54) is 6.26 Å². The quantitative estimate of drug-likeness (QED) is 0.666. The molecule has 0 saturated carbocycles. The summed E-state index contributed by atoms with van der Waals surface area (Å²) in [6, 6.07) is 1.01. The monoisotopic (exact) mass is 213 g/mol. The number of rotatable bonds is 6. The second-order valence-electron chi connectivity index (χ2n) is 3.12. The Kier molecular flexibility index (Phi) is 4.79. The summed E-state index contributed by atoms with van der Waals surface area (Å²) in [4.78, 5) is 11.4. The molecule has 0 aliphatic heterocycles. The minimum atomic E-state index is -0.545. The molecule has 1 aromatic heterocycles. The SMILES string of the molecule is COCCCC(N)C(=O)Nc1ccon1. The van der Waals surface area contributed by atoms with E-state index >= 15 is 0 Å². The van der Waals surface area contributed by atoms with Crippen LogP contribution in [-0.2, 0) is 9.53 Å². The van der Waals surface area contributed by atoms with Gasteiger partial charge in [-0.2, -0.15) is 0 Å². The van der Waals surface area contributed by atoms with Gasteiger partial charge in [-0.3, -0.25) is 4.79 Å². The zero-order valence-electron chi connectivity index (χ0n) is 8.60. The van der Waals surface area contributed by atoms with Crippen LogP contribution in [0.5, 0.6) is 0 Å². The Bertz CT molecular complexity index is 287. The highest BCUT2D eigenvalue weighted by Gasteiger charge is 2.13. The number of anilines is 1. The predicted octanol–water partition coefficient (Wildman–Crippen LogP) is 0.367. The fraction of sp³-hybridized carbons (Fsp3) is 0.556. The largest absolute Gasteiger partial charge is 0.385 e. The molecule has 0 aromatic carbocycles. The number of carbonyl (C=O) groups is 1. The fourth-order valence-electron chi connectivity index (χ4n) is 1.07. The van der Waals surface area contributed by atoms with Crippen molar-refractivity contribution in [3.05, 3.63) is 12.3 Å². The lowest BCUT2D eigenvalue weighted by atomic mass is 10.1. The summed E-state index contributed by atoms with van der Waals surface area (Å²) in [5.41, 5.74) is 5.65. The number of carbonyl (C=O) groups excluding carboxylic acids is 1. The normalized spacial score (nSPS) is 12.4. The van der Waals surface area contributed by atoms with Gasteiger partial charge in [0, 0.05) is 19.8 Å². The summed E-state index contributed by atoms with van der Waals surface area (Å²) in [6.45, 7) is 0.602. The Hall–Kier alpha value is -1.40. The van der Waals surface area contributed by atoms with Crippen LogP contribution in [0.3, 0.4) is 0 Å². The average Bonchev–Trinajstić information content (AvgIpc) is 2.70. The van der Waals surface area contributed by atoms with Crippen LogP contribution in [0.4, 0.5) is 5.82 Å². The minimum absolute atomic E-state index is 0.264. The van der Waals surface area contributed by atoms with Crippen LogP contribution >= 0.6 is 0 Å². The summed E-state index contributed by atoms with van der Waals surface area (Å²) in [6.07, 6.45) is 2.72. The number of ether oxygens (including phenoxy) is 1. The van der Waals surface area contributed by atoms with Gasteiger partial charge >= 0.3 is 0 Å². The third kappa shape index (κ3) is 4.09. The lowest BCUT2D eigenvalue weighted by molar-refractivity contribution is -0.117. The molecule has 1 unspecified atom stereocenters. The van der Waals surface area contributed by atoms with Gasteiger partial charge in [0.05, 0.1) is 6.04 Å². The van der Waals surface area contributed by atoms with Crippen LogP contribution in [0.1, 0.15) is 12.8 Å². The van der Waals surface area contributed by atoms with E-state index in [9.17, 15) is 4.79 Å². The summed E-state index contributed by atoms with van der Waals surface area (Å²) in [5, 5.41) is 6.09. The molecular weight excluding hydrogens is 198 g/mol. The molecule has 6 nitrogen and oxygen atoms in total. The lowest BCUT2D eigenvalue weighted by Crippen LogP contribution is -2.35. The first-order valence-electron chi connectivity index (χ1n) is 4.70. The third-order valence-electron chi connectivity index (χ3n) is 1.89. The number of nitrogens with zero attached hydrogens (tertiary/aromatic N) is 1. The molecule has 0 fully saturated rings. The molecular formula is C9H15N3O3. The Morgan fingerprint density at radius 3 is 3.20 bits per heavy atom. The topological polar surface area (TPSA) is 90.4 Å². The maximum atomic E-state index is 11.4. The van der Waals surface area contributed by atoms with E-state index in [4.69, 9.17) is 10.5 Å². The van der Waals surface area contributed by atoms with Gasteiger partial charge in [0.25, 0.3) is 0 Å². The van der Waals surface area contributed by atoms with E-state index in [-0.39, 0.29) is 5.91 Å². The van der Waals surface area contributed by atoms with Crippen molar-refractivity contribution in [2.45, 2.75) is 18.9 Å². The van der Waals surface area contributed by atoms with Crippen LogP contribution in [0.15, 0.2) is 16.9 Å². The van der Waals surface area contributed by atoms with Crippen molar-refractivity contribution in [3.8, 4) is 0 Å². The van der Waals surface area contributed by atoms with Crippen molar-refractivity contribution in [3.63, 3.8) is 0 Å². The lowest BCUT2D eigenvalue weighted by Gasteiger charge is -2.09. The number of nitrogens with two attached hydrogens (primary N) is 1. The van der Waals surface area contributed by atoms with Crippen molar-refractivity contribution < 1.29 is 14.1 Å². The number of methoxy groups -OCH3 is 1. The van der Waals surface area contributed by atoms with Crippen LogP contribution in [0.2, 0.25) is 0 Å². The van der Waals surface area contributed by atoms with Crippen LogP contribution < -0.4 is 11.1 Å². The second-order valence-corrected chi connectivity index (χ2v) is 3.12. The summed E-state index contributed by atoms with van der Waals surface area (Å²) in [7, 11) is 1.61. The Balaban J connectivity index is 2.27. The molecule has 84 valence electrons. The zero-order valence-corrected chi connectivity index (χ0v) is 8.60. The number of aromatic nitrogens is 1. The minimum Gasteiger partial charge on any atom is -0.385 e. The maximum absolute atomic E-state index is 11.4. The third-order valence-corrected chi connectivity index (χ3v) is 1.89. The molecule has 0 aliphatic rings. The van der Waals surface area contributed by atoms with Gasteiger partial charge in [0.2, 0.25) is 5.91 Å². The highest BCUT2D eigenvalue weighted by Crippen LogP contribution is 2.03. The van der Waals surface area contributed by atoms with E-state index in [1.54, 1.807) is 13.2 Å². The zero-order chi connectivity index (χ0) is 11.1. The van der Waals surface area contributed by atoms with Gasteiger partial charge in [-0.1, -0.05) is 5.16 Å². The van der Waals surface area contributed by atoms with Crippen molar-refractivity contribution >= 4 is 11.7 Å². The molecule has 1 atom stereocenters. The van der Waals surface area contributed by atoms with E-state index in [0.717, 1.165) is 6.42 Å². The molecule has 0 bridgehead atoms. The van der Waals surface area contributed by atoms with E-state index < -0.39 is 6.04 Å². The number of hydrogen-bond donors (Lipinski definition) is 2. The first-order valence-corrected chi connectivity index (χ1v) is 4.70. The van der Waals surface area contributed by atoms with E-state index in [0.29, 0.717) is 18.8 Å². The number of hydrogen-bond acceptors (Lipinski definition) is 5. The molecule has 0 aliphatic carbocycles. The van der Waals surface area contributed by atoms with Gasteiger partial charge in [0.15, 0.2) is 5.82 Å². The Morgan fingerprint density at radius 1 is 1.80 bits per heavy atom. The van der Waals surface area contributed by atoms with Gasteiger partial charge in [-0.05, 0) is 12.8 Å². The maximum Gasteiger partial charge on any atom is 0.242 e.